The molecule has 1 unspecified atom stereocenters. The summed E-state index contributed by atoms with van der Waals surface area (Å²) in [6.45, 7) is -1.48. The number of ether oxygens (including phenoxy) is 1. The average Bonchev–Trinajstić information content (AvgIpc) is 2.13. The molecule has 0 bridgehead atoms. The molecule has 0 aliphatic rings. The second-order valence-electron chi connectivity index (χ2n) is 3.22. The Morgan fingerprint density at radius 3 is 1.95 bits per heavy atom. The van der Waals surface area contributed by atoms with E-state index < -0.39 is 53.9 Å². The first-order chi connectivity index (χ1) is 8.29. The molecule has 0 aromatic heterocycles. The zero-order valence-corrected chi connectivity index (χ0v) is 9.62. The van der Waals surface area contributed by atoms with Gasteiger partial charge in [-0.05, 0) is 0 Å². The summed E-state index contributed by atoms with van der Waals surface area (Å²) in [6.07, 6.45) is -8.93. The quantitative estimate of drug-likeness (QED) is 0.426. The minimum absolute atomic E-state index is 1.48. The first kappa shape index (κ1) is 18.1. The van der Waals surface area contributed by atoms with E-state index in [0.29, 0.717) is 0 Å². The van der Waals surface area contributed by atoms with E-state index in [1.165, 1.54) is 0 Å². The highest BCUT2D eigenvalue weighted by Gasteiger charge is 2.57. The first-order valence-corrected chi connectivity index (χ1v) is 5.44. The Kier molecular flexibility index (Phi) is 5.74. The van der Waals surface area contributed by atoms with Gasteiger partial charge in [0.15, 0.2) is 0 Å². The van der Waals surface area contributed by atoms with Crippen molar-refractivity contribution in [2.75, 3.05) is 6.61 Å². The SMILES string of the molecule is O=C(CC(F)(F)F)OCCC(F)(F)C(F)(F)S(=O)[O-]. The maximum Gasteiger partial charge on any atom is 0.399 e. The molecule has 0 rings (SSSR count). The summed E-state index contributed by atoms with van der Waals surface area (Å²) in [5.74, 6) is -7.01. The van der Waals surface area contributed by atoms with E-state index in [1.807, 2.05) is 0 Å². The van der Waals surface area contributed by atoms with Crippen LogP contribution < -0.4 is 0 Å². The van der Waals surface area contributed by atoms with Crippen LogP contribution in [0.4, 0.5) is 30.7 Å². The summed E-state index contributed by atoms with van der Waals surface area (Å²) in [5.41, 5.74) is 0. The summed E-state index contributed by atoms with van der Waals surface area (Å²) in [4.78, 5) is 10.4. The van der Waals surface area contributed by atoms with Gasteiger partial charge in [-0.25, -0.2) is 0 Å². The van der Waals surface area contributed by atoms with Crippen molar-refractivity contribution in [3.63, 3.8) is 0 Å². The summed E-state index contributed by atoms with van der Waals surface area (Å²) in [6, 6.07) is 0. The topological polar surface area (TPSA) is 66.4 Å². The number of halogens is 7. The predicted molar refractivity (Wildman–Crippen MR) is 45.1 cm³/mol. The highest BCUT2D eigenvalue weighted by atomic mass is 32.2. The van der Waals surface area contributed by atoms with E-state index in [-0.39, 0.29) is 0 Å². The van der Waals surface area contributed by atoms with Crippen LogP contribution in [0.25, 0.3) is 0 Å². The van der Waals surface area contributed by atoms with Crippen LogP contribution in [-0.4, -0.2) is 38.7 Å². The number of carbonyl (C=O) groups is 1. The van der Waals surface area contributed by atoms with Gasteiger partial charge in [-0.2, -0.15) is 30.7 Å². The molecule has 0 aromatic rings. The summed E-state index contributed by atoms with van der Waals surface area (Å²) >= 11 is -4.43. The summed E-state index contributed by atoms with van der Waals surface area (Å²) in [7, 11) is 0. The van der Waals surface area contributed by atoms with Gasteiger partial charge in [0.05, 0.1) is 13.0 Å². The standard InChI is InChI=1S/C7H7F7O4S/c8-5(9,7(13,14)19(16)17)1-2-18-4(15)3-6(10,11)12/h1-3H2,(H,16,17)/p-1. The van der Waals surface area contributed by atoms with Crippen LogP contribution in [0, 0.1) is 0 Å². The van der Waals surface area contributed by atoms with E-state index >= 15 is 0 Å². The van der Waals surface area contributed by atoms with E-state index in [9.17, 15) is 44.3 Å². The second-order valence-corrected chi connectivity index (χ2v) is 4.20. The lowest BCUT2D eigenvalue weighted by Crippen LogP contribution is -2.44. The number of hydrogen-bond acceptors (Lipinski definition) is 4. The third-order valence-corrected chi connectivity index (χ3v) is 2.38. The molecule has 0 heterocycles. The van der Waals surface area contributed by atoms with E-state index in [2.05, 4.69) is 4.74 Å². The van der Waals surface area contributed by atoms with Crippen molar-refractivity contribution in [1.82, 2.24) is 0 Å². The molecular formula is C7H6F7O4S-. The van der Waals surface area contributed by atoms with Crippen LogP contribution in [0.1, 0.15) is 12.8 Å². The van der Waals surface area contributed by atoms with E-state index in [0.717, 1.165) is 0 Å². The molecule has 1 atom stereocenters. The van der Waals surface area contributed by atoms with Crippen molar-refractivity contribution in [3.05, 3.63) is 0 Å². The Balaban J connectivity index is 4.35. The molecule has 12 heteroatoms. The van der Waals surface area contributed by atoms with Crippen molar-refractivity contribution in [2.24, 2.45) is 0 Å². The molecule has 0 fully saturated rings. The normalized spacial score (nSPS) is 15.2. The second kappa shape index (κ2) is 6.03. The molecule has 4 nitrogen and oxygen atoms in total. The summed E-state index contributed by atoms with van der Waals surface area (Å²) < 4.78 is 108. The first-order valence-electron chi connectivity index (χ1n) is 4.37. The highest BCUT2D eigenvalue weighted by molar-refractivity contribution is 7.80. The number of rotatable bonds is 6. The van der Waals surface area contributed by atoms with Crippen molar-refractivity contribution < 1.29 is 49.0 Å². The lowest BCUT2D eigenvalue weighted by molar-refractivity contribution is -0.182. The number of hydrogen-bond donors (Lipinski definition) is 0. The predicted octanol–water partition coefficient (Wildman–Crippen LogP) is 1.98. The number of esters is 1. The monoisotopic (exact) mass is 319 g/mol. The fraction of sp³-hybridized carbons (Fsp3) is 0.857. The van der Waals surface area contributed by atoms with Gasteiger partial charge in [-0.1, -0.05) is 0 Å². The molecule has 0 saturated carbocycles. The largest absolute Gasteiger partial charge is 0.768 e. The van der Waals surface area contributed by atoms with Crippen LogP contribution >= 0.6 is 0 Å². The Morgan fingerprint density at radius 2 is 1.58 bits per heavy atom. The highest BCUT2D eigenvalue weighted by Crippen LogP contribution is 2.38. The Bertz CT molecular complexity index is 354. The average molecular weight is 319 g/mol. The van der Waals surface area contributed by atoms with E-state index in [1.54, 1.807) is 0 Å². The van der Waals surface area contributed by atoms with Gasteiger partial charge < -0.3 is 9.29 Å². The molecule has 0 saturated heterocycles. The minimum atomic E-state index is -5.41. The smallest absolute Gasteiger partial charge is 0.399 e. The van der Waals surface area contributed by atoms with Gasteiger partial charge in [0.25, 0.3) is 0 Å². The molecule has 19 heavy (non-hydrogen) atoms. The van der Waals surface area contributed by atoms with Gasteiger partial charge in [0, 0.05) is 11.1 Å². The van der Waals surface area contributed by atoms with Crippen molar-refractivity contribution in [2.45, 2.75) is 30.2 Å². The lowest BCUT2D eigenvalue weighted by Gasteiger charge is -2.27. The fourth-order valence-electron chi connectivity index (χ4n) is 0.775. The van der Waals surface area contributed by atoms with Crippen LogP contribution in [0.2, 0.25) is 0 Å². The molecule has 0 aliphatic carbocycles. The van der Waals surface area contributed by atoms with Crippen molar-refractivity contribution in [3.8, 4) is 0 Å². The van der Waals surface area contributed by atoms with Gasteiger partial charge >= 0.3 is 23.3 Å². The van der Waals surface area contributed by atoms with Crippen LogP contribution in [0.3, 0.4) is 0 Å². The van der Waals surface area contributed by atoms with Crippen molar-refractivity contribution >= 4 is 17.0 Å². The van der Waals surface area contributed by atoms with Crippen LogP contribution in [0.5, 0.6) is 0 Å². The van der Waals surface area contributed by atoms with Gasteiger partial charge in [-0.3, -0.25) is 9.00 Å². The van der Waals surface area contributed by atoms with Gasteiger partial charge in [0.1, 0.15) is 6.42 Å². The number of carbonyl (C=O) groups excluding carboxylic acids is 1. The third kappa shape index (κ3) is 5.72. The molecule has 114 valence electrons. The minimum Gasteiger partial charge on any atom is -0.768 e. The Morgan fingerprint density at radius 1 is 1.11 bits per heavy atom. The van der Waals surface area contributed by atoms with Gasteiger partial charge in [-0.15, -0.1) is 0 Å². The molecule has 0 radical (unpaired) electrons. The van der Waals surface area contributed by atoms with Gasteiger partial charge in [0.2, 0.25) is 0 Å². The van der Waals surface area contributed by atoms with E-state index in [4.69, 9.17) is 0 Å². The summed E-state index contributed by atoms with van der Waals surface area (Å²) in [5, 5.41) is -5.41. The Labute approximate surface area is 104 Å². The van der Waals surface area contributed by atoms with Crippen LogP contribution in [-0.2, 0) is 20.6 Å². The molecule has 0 aliphatic heterocycles. The Hall–Kier alpha value is -0.910. The zero-order chi connectivity index (χ0) is 15.5. The molecule has 0 spiro atoms. The molecular weight excluding hydrogens is 313 g/mol. The van der Waals surface area contributed by atoms with Crippen LogP contribution in [0.15, 0.2) is 0 Å². The fourth-order valence-corrected chi connectivity index (χ4v) is 1.12. The zero-order valence-electron chi connectivity index (χ0n) is 8.81. The molecule has 0 amide bonds. The lowest BCUT2D eigenvalue weighted by atomic mass is 10.2. The van der Waals surface area contributed by atoms with Crippen molar-refractivity contribution in [1.29, 1.82) is 0 Å². The number of alkyl halides is 7. The maximum atomic E-state index is 12.7. The third-order valence-electron chi connectivity index (χ3n) is 1.66. The molecule has 0 N–H and O–H groups in total. The maximum absolute atomic E-state index is 12.7. The molecule has 0 aromatic carbocycles.